The number of nitrogens with zero attached hydrogens (tertiary/aromatic N) is 4. The first kappa shape index (κ1) is 24.5. The maximum absolute atomic E-state index is 13.1. The molecule has 3 aromatic heterocycles. The minimum atomic E-state index is -0.295. The number of nitrogens with one attached hydrogen (secondary N) is 2. The number of aromatic nitrogens is 4. The van der Waals surface area contributed by atoms with Crippen LogP contribution in [0.2, 0.25) is 0 Å². The molecule has 0 bridgehead atoms. The fourth-order valence-corrected chi connectivity index (χ4v) is 5.08. The number of carbonyl (C=O) groups excluding carboxylic acids is 1. The SMILES string of the molecule is CC(C)c1nn([C@H]2CC[C@H](C(C)C)CC2)cc1NC(=O)c1coc(-c2ccnc(NCC3CC3)c2)n1. The smallest absolute Gasteiger partial charge is 0.277 e. The zero-order chi connectivity index (χ0) is 25.2. The molecular weight excluding hydrogens is 452 g/mol. The van der Waals surface area contributed by atoms with Crippen molar-refractivity contribution < 1.29 is 9.21 Å². The number of oxazole rings is 1. The monoisotopic (exact) mass is 490 g/mol. The van der Waals surface area contributed by atoms with E-state index in [1.165, 1.54) is 31.9 Å². The molecule has 1 amide bonds. The number of anilines is 2. The molecule has 2 fully saturated rings. The molecule has 3 heterocycles. The fraction of sp³-hybridized carbons (Fsp3) is 0.571. The maximum Gasteiger partial charge on any atom is 0.277 e. The first-order chi connectivity index (χ1) is 17.4. The summed E-state index contributed by atoms with van der Waals surface area (Å²) in [6.45, 7) is 9.77. The molecular formula is C28H38N6O2. The molecule has 5 rings (SSSR count). The van der Waals surface area contributed by atoms with Crippen LogP contribution in [0, 0.1) is 17.8 Å². The van der Waals surface area contributed by atoms with Gasteiger partial charge < -0.3 is 15.1 Å². The molecule has 3 aromatic rings. The predicted molar refractivity (Wildman–Crippen MR) is 141 cm³/mol. The van der Waals surface area contributed by atoms with Crippen LogP contribution in [0.4, 0.5) is 11.5 Å². The van der Waals surface area contributed by atoms with Crippen molar-refractivity contribution in [2.24, 2.45) is 17.8 Å². The molecule has 8 heteroatoms. The molecule has 0 spiro atoms. The molecule has 0 atom stereocenters. The van der Waals surface area contributed by atoms with Crippen LogP contribution in [0.3, 0.4) is 0 Å². The fourth-order valence-electron chi connectivity index (χ4n) is 5.08. The predicted octanol–water partition coefficient (Wildman–Crippen LogP) is 6.52. The summed E-state index contributed by atoms with van der Waals surface area (Å²) in [4.78, 5) is 21.9. The van der Waals surface area contributed by atoms with Crippen LogP contribution in [0.25, 0.3) is 11.5 Å². The van der Waals surface area contributed by atoms with Crippen molar-refractivity contribution in [1.29, 1.82) is 0 Å². The number of pyridine rings is 1. The van der Waals surface area contributed by atoms with Crippen molar-refractivity contribution in [3.8, 4) is 11.5 Å². The molecule has 0 aliphatic heterocycles. The summed E-state index contributed by atoms with van der Waals surface area (Å²) >= 11 is 0. The maximum atomic E-state index is 13.1. The lowest BCUT2D eigenvalue weighted by Crippen LogP contribution is -2.21. The van der Waals surface area contributed by atoms with Gasteiger partial charge in [0.15, 0.2) is 5.69 Å². The highest BCUT2D eigenvalue weighted by molar-refractivity contribution is 6.03. The molecule has 8 nitrogen and oxygen atoms in total. The second kappa shape index (κ2) is 10.4. The van der Waals surface area contributed by atoms with Gasteiger partial charge in [0.05, 0.1) is 17.4 Å². The number of carbonyl (C=O) groups is 1. The van der Waals surface area contributed by atoms with E-state index < -0.39 is 0 Å². The van der Waals surface area contributed by atoms with Crippen LogP contribution in [0.1, 0.15) is 94.4 Å². The van der Waals surface area contributed by atoms with Gasteiger partial charge >= 0.3 is 0 Å². The molecule has 2 aliphatic rings. The van der Waals surface area contributed by atoms with Crippen LogP contribution in [-0.4, -0.2) is 32.2 Å². The minimum absolute atomic E-state index is 0.194. The third kappa shape index (κ3) is 5.63. The standard InChI is InChI=1S/C28H38N6O2/c1-17(2)20-7-9-22(10-8-20)34-15-23(26(33-34)18(3)4)31-27(35)24-16-36-28(32-24)21-11-12-29-25(13-21)30-14-19-5-6-19/h11-13,15-20,22H,5-10,14H2,1-4H3,(H,29,30)(H,31,35)/t20-,22-. The Labute approximate surface area is 213 Å². The molecule has 2 saturated carbocycles. The molecule has 0 saturated heterocycles. The topological polar surface area (TPSA) is 97.9 Å². The Bertz CT molecular complexity index is 1180. The second-order valence-corrected chi connectivity index (χ2v) is 11.1. The zero-order valence-corrected chi connectivity index (χ0v) is 21.8. The van der Waals surface area contributed by atoms with Crippen molar-refractivity contribution in [3.05, 3.63) is 42.2 Å². The van der Waals surface area contributed by atoms with Crippen molar-refractivity contribution in [3.63, 3.8) is 0 Å². The molecule has 2 aliphatic carbocycles. The van der Waals surface area contributed by atoms with Gasteiger partial charge in [-0.05, 0) is 74.3 Å². The lowest BCUT2D eigenvalue weighted by molar-refractivity contribution is 0.102. The van der Waals surface area contributed by atoms with Gasteiger partial charge in [-0.1, -0.05) is 27.7 Å². The summed E-state index contributed by atoms with van der Waals surface area (Å²) in [6, 6.07) is 4.13. The van der Waals surface area contributed by atoms with Crippen molar-refractivity contribution in [2.45, 2.75) is 78.2 Å². The Balaban J connectivity index is 1.27. The van der Waals surface area contributed by atoms with Gasteiger partial charge in [-0.3, -0.25) is 9.48 Å². The summed E-state index contributed by atoms with van der Waals surface area (Å²) in [7, 11) is 0. The summed E-state index contributed by atoms with van der Waals surface area (Å²) in [5, 5.41) is 11.3. The zero-order valence-electron chi connectivity index (χ0n) is 21.8. The highest BCUT2D eigenvalue weighted by Gasteiger charge is 2.27. The van der Waals surface area contributed by atoms with Crippen LogP contribution in [0.15, 0.2) is 35.2 Å². The van der Waals surface area contributed by atoms with Crippen LogP contribution < -0.4 is 10.6 Å². The van der Waals surface area contributed by atoms with Crippen molar-refractivity contribution in [1.82, 2.24) is 19.7 Å². The molecule has 0 unspecified atom stereocenters. The minimum Gasteiger partial charge on any atom is -0.444 e. The summed E-state index contributed by atoms with van der Waals surface area (Å²) in [5.41, 5.74) is 2.68. The van der Waals surface area contributed by atoms with E-state index in [-0.39, 0.29) is 17.5 Å². The summed E-state index contributed by atoms with van der Waals surface area (Å²) in [6.07, 6.45) is 12.4. The Morgan fingerprint density at radius 3 is 2.61 bits per heavy atom. The highest BCUT2D eigenvalue weighted by atomic mass is 16.3. The van der Waals surface area contributed by atoms with E-state index >= 15 is 0 Å². The van der Waals surface area contributed by atoms with E-state index in [2.05, 4.69) is 53.0 Å². The van der Waals surface area contributed by atoms with E-state index in [4.69, 9.17) is 9.52 Å². The van der Waals surface area contributed by atoms with Gasteiger partial charge in [0.1, 0.15) is 12.1 Å². The Hall–Kier alpha value is -3.16. The van der Waals surface area contributed by atoms with Gasteiger partial charge in [0, 0.05) is 24.5 Å². The average Bonchev–Trinajstić information content (AvgIpc) is 3.39. The van der Waals surface area contributed by atoms with E-state index in [1.807, 2.05) is 18.3 Å². The third-order valence-electron chi connectivity index (χ3n) is 7.63. The molecule has 2 N–H and O–H groups in total. The third-order valence-corrected chi connectivity index (χ3v) is 7.63. The first-order valence-corrected chi connectivity index (χ1v) is 13.4. The van der Waals surface area contributed by atoms with Crippen LogP contribution in [0.5, 0.6) is 0 Å². The van der Waals surface area contributed by atoms with E-state index in [9.17, 15) is 4.79 Å². The van der Waals surface area contributed by atoms with Gasteiger partial charge in [0.25, 0.3) is 5.91 Å². The summed E-state index contributed by atoms with van der Waals surface area (Å²) in [5.74, 6) is 3.37. The van der Waals surface area contributed by atoms with E-state index in [0.29, 0.717) is 11.9 Å². The van der Waals surface area contributed by atoms with Crippen molar-refractivity contribution in [2.75, 3.05) is 17.2 Å². The number of hydrogen-bond acceptors (Lipinski definition) is 6. The Morgan fingerprint density at radius 2 is 1.92 bits per heavy atom. The number of rotatable bonds is 9. The largest absolute Gasteiger partial charge is 0.444 e. The Kier molecular flexibility index (Phi) is 7.12. The molecule has 192 valence electrons. The molecule has 36 heavy (non-hydrogen) atoms. The average molecular weight is 491 g/mol. The lowest BCUT2D eigenvalue weighted by Gasteiger charge is -2.30. The first-order valence-electron chi connectivity index (χ1n) is 13.4. The number of hydrogen-bond donors (Lipinski definition) is 2. The lowest BCUT2D eigenvalue weighted by atomic mass is 9.80. The summed E-state index contributed by atoms with van der Waals surface area (Å²) < 4.78 is 7.73. The second-order valence-electron chi connectivity index (χ2n) is 11.1. The quantitative estimate of drug-likeness (QED) is 0.354. The van der Waals surface area contributed by atoms with Crippen molar-refractivity contribution >= 4 is 17.4 Å². The van der Waals surface area contributed by atoms with Gasteiger partial charge in [0.2, 0.25) is 5.89 Å². The van der Waals surface area contributed by atoms with Gasteiger partial charge in [-0.15, -0.1) is 0 Å². The van der Waals surface area contributed by atoms with E-state index in [1.54, 1.807) is 6.20 Å². The van der Waals surface area contributed by atoms with Crippen LogP contribution >= 0.6 is 0 Å². The van der Waals surface area contributed by atoms with Gasteiger partial charge in [-0.25, -0.2) is 9.97 Å². The number of amides is 1. The molecule has 0 radical (unpaired) electrons. The Morgan fingerprint density at radius 1 is 1.14 bits per heavy atom. The highest BCUT2D eigenvalue weighted by Crippen LogP contribution is 2.37. The van der Waals surface area contributed by atoms with E-state index in [0.717, 1.165) is 59.9 Å². The van der Waals surface area contributed by atoms with Gasteiger partial charge in [-0.2, -0.15) is 5.10 Å². The molecule has 0 aromatic carbocycles. The normalized spacial score (nSPS) is 20.2. The van der Waals surface area contributed by atoms with Crippen LogP contribution in [-0.2, 0) is 0 Å².